The van der Waals surface area contributed by atoms with Crippen molar-refractivity contribution in [3.8, 4) is 0 Å². The molecule has 0 aliphatic carbocycles. The van der Waals surface area contributed by atoms with E-state index in [1.807, 2.05) is 19.0 Å². The van der Waals surface area contributed by atoms with Gasteiger partial charge >= 0.3 is 0 Å². The van der Waals surface area contributed by atoms with Gasteiger partial charge in [-0.3, -0.25) is 9.69 Å². The van der Waals surface area contributed by atoms with Gasteiger partial charge in [0.2, 0.25) is 5.91 Å². The molecule has 0 atom stereocenters. The van der Waals surface area contributed by atoms with Gasteiger partial charge in [0.1, 0.15) is 0 Å². The summed E-state index contributed by atoms with van der Waals surface area (Å²) in [5.41, 5.74) is 0. The Kier molecular flexibility index (Phi) is 12.0. The van der Waals surface area contributed by atoms with E-state index in [9.17, 15) is 4.79 Å². The first-order chi connectivity index (χ1) is 9.15. The molecule has 0 aromatic heterocycles. The van der Waals surface area contributed by atoms with Crippen molar-refractivity contribution in [3.05, 3.63) is 0 Å². The van der Waals surface area contributed by atoms with Crippen LogP contribution in [0.25, 0.3) is 0 Å². The number of nitrogens with zero attached hydrogens (tertiary/aromatic N) is 2. The van der Waals surface area contributed by atoms with E-state index in [-0.39, 0.29) is 5.91 Å². The van der Waals surface area contributed by atoms with Crippen molar-refractivity contribution in [1.29, 1.82) is 0 Å². The number of rotatable bonds is 12. The first-order valence-electron chi connectivity index (χ1n) is 7.76. The first kappa shape index (κ1) is 18.4. The molecule has 114 valence electrons. The van der Waals surface area contributed by atoms with Gasteiger partial charge in [-0.1, -0.05) is 26.7 Å². The number of hydrogen-bond acceptors (Lipinski definition) is 3. The molecule has 0 rings (SSSR count). The molecule has 0 saturated heterocycles. The lowest BCUT2D eigenvalue weighted by Crippen LogP contribution is -2.40. The van der Waals surface area contributed by atoms with E-state index < -0.39 is 0 Å². The van der Waals surface area contributed by atoms with E-state index in [0.717, 1.165) is 58.3 Å². The van der Waals surface area contributed by atoms with Crippen LogP contribution in [0.5, 0.6) is 0 Å². The number of amides is 1. The summed E-state index contributed by atoms with van der Waals surface area (Å²) in [7, 11) is 3.99. The Morgan fingerprint density at radius 1 is 1.00 bits per heavy atom. The highest BCUT2D eigenvalue weighted by Gasteiger charge is 2.14. The van der Waals surface area contributed by atoms with Crippen molar-refractivity contribution >= 4 is 5.91 Å². The summed E-state index contributed by atoms with van der Waals surface area (Å²) in [6.45, 7) is 8.71. The summed E-state index contributed by atoms with van der Waals surface area (Å²) in [4.78, 5) is 16.4. The van der Waals surface area contributed by atoms with Crippen molar-refractivity contribution in [2.45, 2.75) is 46.0 Å². The van der Waals surface area contributed by atoms with Crippen LogP contribution in [0.15, 0.2) is 0 Å². The van der Waals surface area contributed by atoms with Crippen LogP contribution >= 0.6 is 0 Å². The van der Waals surface area contributed by atoms with Gasteiger partial charge in [0, 0.05) is 13.1 Å². The Morgan fingerprint density at radius 3 is 2.05 bits per heavy atom. The van der Waals surface area contributed by atoms with Gasteiger partial charge in [-0.25, -0.2) is 0 Å². The highest BCUT2D eigenvalue weighted by molar-refractivity contribution is 5.78. The molecule has 0 heterocycles. The molecule has 0 aliphatic heterocycles. The van der Waals surface area contributed by atoms with Gasteiger partial charge in [0.05, 0.1) is 6.54 Å². The van der Waals surface area contributed by atoms with Crippen molar-refractivity contribution in [2.24, 2.45) is 0 Å². The van der Waals surface area contributed by atoms with Crippen LogP contribution in [0.4, 0.5) is 0 Å². The third kappa shape index (κ3) is 9.91. The second-order valence-corrected chi connectivity index (χ2v) is 5.28. The molecule has 1 amide bonds. The molecule has 0 aromatic carbocycles. The zero-order valence-corrected chi connectivity index (χ0v) is 13.4. The van der Waals surface area contributed by atoms with Crippen molar-refractivity contribution in [3.63, 3.8) is 0 Å². The maximum Gasteiger partial charge on any atom is 0.236 e. The molecule has 0 spiro atoms. The highest BCUT2D eigenvalue weighted by Crippen LogP contribution is 2.01. The van der Waals surface area contributed by atoms with Crippen molar-refractivity contribution in [1.82, 2.24) is 15.1 Å². The quantitative estimate of drug-likeness (QED) is 0.551. The Hall–Kier alpha value is -0.610. The van der Waals surface area contributed by atoms with E-state index in [4.69, 9.17) is 0 Å². The number of hydrogen-bond donors (Lipinski definition) is 1. The maximum absolute atomic E-state index is 12.3. The predicted octanol–water partition coefficient (Wildman–Crippen LogP) is 1.96. The van der Waals surface area contributed by atoms with Crippen molar-refractivity contribution < 1.29 is 4.79 Å². The topological polar surface area (TPSA) is 35.6 Å². The normalized spacial score (nSPS) is 11.0. The molecule has 0 saturated carbocycles. The summed E-state index contributed by atoms with van der Waals surface area (Å²) in [6, 6.07) is 0. The third-order valence-corrected chi connectivity index (χ3v) is 3.29. The van der Waals surface area contributed by atoms with Crippen LogP contribution in [0.1, 0.15) is 46.0 Å². The SMILES string of the molecule is CCCCN(CCCC)C(=O)CN(C)CCCNC. The number of unbranched alkanes of at least 4 members (excludes halogenated alkanes) is 2. The summed E-state index contributed by atoms with van der Waals surface area (Å²) in [6.07, 6.45) is 5.60. The molecule has 0 unspecified atom stereocenters. The second kappa shape index (κ2) is 12.4. The molecule has 1 N–H and O–H groups in total. The fourth-order valence-electron chi connectivity index (χ4n) is 1.99. The molecule has 4 nitrogen and oxygen atoms in total. The Labute approximate surface area is 119 Å². The minimum atomic E-state index is 0.286. The molecule has 0 aliphatic rings. The third-order valence-electron chi connectivity index (χ3n) is 3.29. The molecule has 4 heteroatoms. The molecule has 19 heavy (non-hydrogen) atoms. The van der Waals surface area contributed by atoms with Crippen LogP contribution in [0, 0.1) is 0 Å². The molecule has 0 fully saturated rings. The van der Waals surface area contributed by atoms with E-state index in [2.05, 4.69) is 24.1 Å². The molecular weight excluding hydrogens is 238 g/mol. The number of nitrogens with one attached hydrogen (secondary N) is 1. The van der Waals surface area contributed by atoms with Gasteiger partial charge in [-0.05, 0) is 46.4 Å². The van der Waals surface area contributed by atoms with Crippen LogP contribution < -0.4 is 5.32 Å². The fraction of sp³-hybridized carbons (Fsp3) is 0.933. The van der Waals surface area contributed by atoms with Gasteiger partial charge in [0.15, 0.2) is 0 Å². The van der Waals surface area contributed by atoms with E-state index in [1.165, 1.54) is 0 Å². The predicted molar refractivity (Wildman–Crippen MR) is 82.4 cm³/mol. The van der Waals surface area contributed by atoms with Gasteiger partial charge in [0.25, 0.3) is 0 Å². The lowest BCUT2D eigenvalue weighted by atomic mass is 10.2. The number of likely N-dealkylation sites (N-methyl/N-ethyl adjacent to an activating group) is 1. The van der Waals surface area contributed by atoms with E-state index in [1.54, 1.807) is 0 Å². The molecule has 0 aromatic rings. The lowest BCUT2D eigenvalue weighted by molar-refractivity contribution is -0.132. The van der Waals surface area contributed by atoms with Gasteiger partial charge in [-0.15, -0.1) is 0 Å². The fourth-order valence-corrected chi connectivity index (χ4v) is 1.99. The van der Waals surface area contributed by atoms with Crippen LogP contribution in [-0.2, 0) is 4.79 Å². The lowest BCUT2D eigenvalue weighted by Gasteiger charge is -2.25. The molecule has 0 bridgehead atoms. The van der Waals surface area contributed by atoms with Gasteiger partial charge in [-0.2, -0.15) is 0 Å². The summed E-state index contributed by atoms with van der Waals surface area (Å²) in [5.74, 6) is 0.286. The summed E-state index contributed by atoms with van der Waals surface area (Å²) < 4.78 is 0. The number of carbonyl (C=O) groups excluding carboxylic acids is 1. The van der Waals surface area contributed by atoms with Crippen molar-refractivity contribution in [2.75, 3.05) is 46.8 Å². The van der Waals surface area contributed by atoms with Crippen LogP contribution in [0.3, 0.4) is 0 Å². The monoisotopic (exact) mass is 271 g/mol. The van der Waals surface area contributed by atoms with Crippen LogP contribution in [-0.4, -0.2) is 62.5 Å². The molecule has 0 radical (unpaired) electrons. The van der Waals surface area contributed by atoms with E-state index in [0.29, 0.717) is 6.54 Å². The zero-order chi connectivity index (χ0) is 14.5. The summed E-state index contributed by atoms with van der Waals surface area (Å²) in [5, 5.41) is 3.13. The van der Waals surface area contributed by atoms with Gasteiger partial charge < -0.3 is 10.2 Å². The number of carbonyl (C=O) groups is 1. The largest absolute Gasteiger partial charge is 0.342 e. The maximum atomic E-state index is 12.3. The Morgan fingerprint density at radius 2 is 1.58 bits per heavy atom. The Balaban J connectivity index is 4.05. The minimum absolute atomic E-state index is 0.286. The van der Waals surface area contributed by atoms with Crippen LogP contribution in [0.2, 0.25) is 0 Å². The zero-order valence-electron chi connectivity index (χ0n) is 13.4. The summed E-state index contributed by atoms with van der Waals surface area (Å²) >= 11 is 0. The average molecular weight is 271 g/mol. The first-order valence-corrected chi connectivity index (χ1v) is 7.76. The minimum Gasteiger partial charge on any atom is -0.342 e. The standard InChI is InChI=1S/C15H33N3O/c1-5-7-12-18(13-8-6-2)15(19)14-17(4)11-9-10-16-3/h16H,5-14H2,1-4H3. The van der Waals surface area contributed by atoms with E-state index >= 15 is 0 Å². The highest BCUT2D eigenvalue weighted by atomic mass is 16.2. The Bertz CT molecular complexity index is 213. The second-order valence-electron chi connectivity index (χ2n) is 5.28. The molecular formula is C15H33N3O. The average Bonchev–Trinajstić information content (AvgIpc) is 2.39. The smallest absolute Gasteiger partial charge is 0.236 e.